The van der Waals surface area contributed by atoms with Crippen LogP contribution in [0.15, 0.2) is 53.6 Å². The van der Waals surface area contributed by atoms with Crippen LogP contribution in [0, 0.1) is 0 Å². The van der Waals surface area contributed by atoms with E-state index in [1.54, 1.807) is 18.2 Å². The topological polar surface area (TPSA) is 92.2 Å². The summed E-state index contributed by atoms with van der Waals surface area (Å²) in [5.41, 5.74) is 4.32. The van der Waals surface area contributed by atoms with Crippen LogP contribution in [0.3, 0.4) is 0 Å². The molecule has 0 saturated heterocycles. The van der Waals surface area contributed by atoms with Crippen molar-refractivity contribution in [2.75, 3.05) is 26.8 Å². The summed E-state index contributed by atoms with van der Waals surface area (Å²) in [6, 6.07) is 13.0. The van der Waals surface area contributed by atoms with Crippen molar-refractivity contribution in [3.63, 3.8) is 0 Å². The molecule has 0 unspecified atom stereocenters. The molecular formula is C25H23Cl4N3O4. The van der Waals surface area contributed by atoms with Crippen LogP contribution in [0.1, 0.15) is 21.5 Å². The molecule has 3 rings (SSSR count). The predicted octanol–water partition coefficient (Wildman–Crippen LogP) is 5.99. The molecule has 7 nitrogen and oxygen atoms in total. The molecule has 11 heteroatoms. The SMILES string of the molecule is COc1cc(/C=N/NC(=O)c2ccc(O)c(Cl)c2)cc(Cl)c1OCCNCCc1ccc(Cl)c(Cl)c1. The molecule has 3 N–H and O–H groups in total. The van der Waals surface area contributed by atoms with Crippen LogP contribution in [-0.4, -0.2) is 44.0 Å². The highest BCUT2D eigenvalue weighted by atomic mass is 35.5. The van der Waals surface area contributed by atoms with Crippen LogP contribution in [0.5, 0.6) is 17.2 Å². The van der Waals surface area contributed by atoms with E-state index in [1.165, 1.54) is 31.5 Å². The summed E-state index contributed by atoms with van der Waals surface area (Å²) in [5, 5.41) is 18.2. The number of hydrazone groups is 1. The molecule has 36 heavy (non-hydrogen) atoms. The molecule has 190 valence electrons. The lowest BCUT2D eigenvalue weighted by Crippen LogP contribution is -2.23. The fourth-order valence-electron chi connectivity index (χ4n) is 3.11. The zero-order valence-electron chi connectivity index (χ0n) is 19.2. The van der Waals surface area contributed by atoms with E-state index < -0.39 is 5.91 Å². The summed E-state index contributed by atoms with van der Waals surface area (Å²) in [6.07, 6.45) is 2.22. The van der Waals surface area contributed by atoms with E-state index in [9.17, 15) is 9.90 Å². The molecule has 0 atom stereocenters. The summed E-state index contributed by atoms with van der Waals surface area (Å²) in [7, 11) is 1.51. The quantitative estimate of drug-likeness (QED) is 0.150. The number of hydrogen-bond donors (Lipinski definition) is 3. The van der Waals surface area contributed by atoms with E-state index in [2.05, 4.69) is 15.8 Å². The van der Waals surface area contributed by atoms with Gasteiger partial charge in [-0.1, -0.05) is 52.5 Å². The van der Waals surface area contributed by atoms with Crippen molar-refractivity contribution in [3.8, 4) is 17.2 Å². The number of carbonyl (C=O) groups is 1. The molecule has 3 aromatic carbocycles. The minimum atomic E-state index is -0.488. The molecule has 0 aliphatic carbocycles. The maximum absolute atomic E-state index is 12.2. The van der Waals surface area contributed by atoms with Gasteiger partial charge >= 0.3 is 0 Å². The first kappa shape index (κ1) is 27.9. The van der Waals surface area contributed by atoms with Crippen molar-refractivity contribution in [1.82, 2.24) is 10.7 Å². The van der Waals surface area contributed by atoms with Gasteiger partial charge in [0.25, 0.3) is 5.91 Å². The largest absolute Gasteiger partial charge is 0.506 e. The molecule has 0 fully saturated rings. The van der Waals surface area contributed by atoms with Gasteiger partial charge < -0.3 is 19.9 Å². The number of benzene rings is 3. The Balaban J connectivity index is 1.49. The molecule has 0 spiro atoms. The Hall–Kier alpha value is -2.68. The standard InChI is InChI=1S/C25H23Cl4N3O4/c1-35-23-12-16(14-31-32-25(34)17-3-5-22(33)20(28)13-17)11-21(29)24(23)36-9-8-30-7-6-15-2-4-18(26)19(27)10-15/h2-5,10-14,30,33H,6-9H2,1H3,(H,32,34)/b31-14+. The van der Waals surface area contributed by atoms with Gasteiger partial charge in [-0.2, -0.15) is 5.10 Å². The highest BCUT2D eigenvalue weighted by Crippen LogP contribution is 2.36. The van der Waals surface area contributed by atoms with Crippen LogP contribution in [0.25, 0.3) is 0 Å². The third-order valence-electron chi connectivity index (χ3n) is 4.94. The number of ether oxygens (including phenoxy) is 2. The molecule has 0 heterocycles. The number of phenols is 1. The number of hydrogen-bond acceptors (Lipinski definition) is 6. The highest BCUT2D eigenvalue weighted by molar-refractivity contribution is 6.42. The Morgan fingerprint density at radius 1 is 0.972 bits per heavy atom. The number of halogens is 4. The van der Waals surface area contributed by atoms with E-state index in [0.29, 0.717) is 45.3 Å². The first-order valence-corrected chi connectivity index (χ1v) is 12.3. The maximum Gasteiger partial charge on any atom is 0.271 e. The lowest BCUT2D eigenvalue weighted by atomic mass is 10.1. The normalized spacial score (nSPS) is 11.0. The van der Waals surface area contributed by atoms with Crippen LogP contribution >= 0.6 is 46.4 Å². The highest BCUT2D eigenvalue weighted by Gasteiger charge is 2.12. The van der Waals surface area contributed by atoms with Crippen LogP contribution in [-0.2, 0) is 6.42 Å². The van der Waals surface area contributed by atoms with Crippen LogP contribution in [0.2, 0.25) is 20.1 Å². The zero-order chi connectivity index (χ0) is 26.1. The maximum atomic E-state index is 12.2. The second-order valence-corrected chi connectivity index (χ2v) is 9.13. The van der Waals surface area contributed by atoms with Crippen molar-refractivity contribution >= 4 is 58.5 Å². The van der Waals surface area contributed by atoms with Gasteiger partial charge in [0.1, 0.15) is 12.4 Å². The smallest absolute Gasteiger partial charge is 0.271 e. The Morgan fingerprint density at radius 2 is 1.78 bits per heavy atom. The average molecular weight is 571 g/mol. The van der Waals surface area contributed by atoms with E-state index in [-0.39, 0.29) is 16.3 Å². The number of rotatable bonds is 11. The van der Waals surface area contributed by atoms with Gasteiger partial charge in [-0.25, -0.2) is 5.43 Å². The van der Waals surface area contributed by atoms with Gasteiger partial charge in [0, 0.05) is 12.1 Å². The summed E-state index contributed by atoms with van der Waals surface area (Å²) in [6.45, 7) is 1.71. The van der Waals surface area contributed by atoms with E-state index in [1.807, 2.05) is 12.1 Å². The van der Waals surface area contributed by atoms with Crippen LogP contribution in [0.4, 0.5) is 0 Å². The van der Waals surface area contributed by atoms with E-state index >= 15 is 0 Å². The average Bonchev–Trinajstić information content (AvgIpc) is 2.85. The molecule has 0 saturated carbocycles. The predicted molar refractivity (Wildman–Crippen MR) is 145 cm³/mol. The molecule has 0 aliphatic heterocycles. The number of nitrogens with one attached hydrogen (secondary N) is 2. The Labute approximate surface area is 228 Å². The fraction of sp³-hybridized carbons (Fsp3) is 0.200. The molecule has 0 aromatic heterocycles. The van der Waals surface area contributed by atoms with Gasteiger partial charge in [-0.15, -0.1) is 0 Å². The third kappa shape index (κ3) is 7.91. The van der Waals surface area contributed by atoms with Gasteiger partial charge in [0.15, 0.2) is 11.5 Å². The number of carbonyl (C=O) groups excluding carboxylic acids is 1. The molecule has 3 aromatic rings. The third-order valence-corrected chi connectivity index (χ3v) is 6.26. The fourth-order valence-corrected chi connectivity index (χ4v) is 3.89. The van der Waals surface area contributed by atoms with Crippen molar-refractivity contribution < 1.29 is 19.4 Å². The zero-order valence-corrected chi connectivity index (χ0v) is 22.2. The van der Waals surface area contributed by atoms with Crippen molar-refractivity contribution in [1.29, 1.82) is 0 Å². The Kier molecular flexibility index (Phi) is 10.5. The van der Waals surface area contributed by atoms with Crippen molar-refractivity contribution in [2.24, 2.45) is 5.10 Å². The molecular weight excluding hydrogens is 548 g/mol. The minimum absolute atomic E-state index is 0.0698. The minimum Gasteiger partial charge on any atom is -0.506 e. The molecule has 0 bridgehead atoms. The van der Waals surface area contributed by atoms with Gasteiger partial charge in [0.2, 0.25) is 0 Å². The number of nitrogens with zero attached hydrogens (tertiary/aromatic N) is 1. The number of aromatic hydroxyl groups is 1. The molecule has 0 radical (unpaired) electrons. The van der Waals surface area contributed by atoms with Crippen LogP contribution < -0.4 is 20.2 Å². The second kappa shape index (κ2) is 13.6. The first-order valence-electron chi connectivity index (χ1n) is 10.8. The number of methoxy groups -OCH3 is 1. The van der Waals surface area contributed by atoms with E-state index in [0.717, 1.165) is 18.5 Å². The van der Waals surface area contributed by atoms with Crippen molar-refractivity contribution in [3.05, 3.63) is 85.3 Å². The summed E-state index contributed by atoms with van der Waals surface area (Å²) < 4.78 is 11.2. The summed E-state index contributed by atoms with van der Waals surface area (Å²) >= 11 is 24.2. The Morgan fingerprint density at radius 3 is 2.50 bits per heavy atom. The lowest BCUT2D eigenvalue weighted by molar-refractivity contribution is 0.0955. The summed E-state index contributed by atoms with van der Waals surface area (Å²) in [4.78, 5) is 12.2. The first-order chi connectivity index (χ1) is 17.3. The van der Waals surface area contributed by atoms with E-state index in [4.69, 9.17) is 55.9 Å². The lowest BCUT2D eigenvalue weighted by Gasteiger charge is -2.13. The number of phenolic OH excluding ortho intramolecular Hbond substituents is 1. The molecule has 0 aliphatic rings. The van der Waals surface area contributed by atoms with Gasteiger partial charge in [-0.3, -0.25) is 4.79 Å². The Bertz CT molecular complexity index is 1250. The summed E-state index contributed by atoms with van der Waals surface area (Å²) in [5.74, 6) is 0.236. The monoisotopic (exact) mass is 569 g/mol. The van der Waals surface area contributed by atoms with Gasteiger partial charge in [-0.05, 0) is 66.6 Å². The number of amides is 1. The van der Waals surface area contributed by atoms with Crippen molar-refractivity contribution in [2.45, 2.75) is 6.42 Å². The van der Waals surface area contributed by atoms with Gasteiger partial charge in [0.05, 0.1) is 33.4 Å². The second-order valence-electron chi connectivity index (χ2n) is 7.50. The molecule has 1 amide bonds.